The van der Waals surface area contributed by atoms with Gasteiger partial charge >= 0.3 is 0 Å². The summed E-state index contributed by atoms with van der Waals surface area (Å²) in [5.74, 6) is 5.26. The second-order valence-electron chi connectivity index (χ2n) is 4.41. The van der Waals surface area contributed by atoms with Crippen LogP contribution < -0.4 is 4.72 Å². The van der Waals surface area contributed by atoms with E-state index in [1.165, 1.54) is 0 Å². The van der Waals surface area contributed by atoms with Crippen LogP contribution in [0.4, 0.5) is 5.69 Å². The normalized spacial score (nSPS) is 10.8. The molecular weight excluding hydrogens is 290 g/mol. The molecule has 0 fully saturated rings. The number of aliphatic hydroxyl groups is 1. The van der Waals surface area contributed by atoms with E-state index in [2.05, 4.69) is 26.8 Å². The molecule has 0 amide bonds. The van der Waals surface area contributed by atoms with E-state index in [9.17, 15) is 8.42 Å². The molecule has 110 valence electrons. The van der Waals surface area contributed by atoms with Crippen LogP contribution >= 0.6 is 0 Å². The van der Waals surface area contributed by atoms with Crippen molar-refractivity contribution in [2.24, 2.45) is 0 Å². The van der Waals surface area contributed by atoms with Gasteiger partial charge in [0.25, 0.3) is 10.0 Å². The number of aliphatic hydroxyl groups excluding tert-OH is 1. The van der Waals surface area contributed by atoms with E-state index in [4.69, 9.17) is 5.11 Å². The first-order chi connectivity index (χ1) is 9.94. The van der Waals surface area contributed by atoms with Crippen molar-refractivity contribution < 1.29 is 13.5 Å². The number of aryl methyl sites for hydroxylation is 2. The molecular formula is C14H15N3O3S. The maximum Gasteiger partial charge on any atom is 0.265 e. The van der Waals surface area contributed by atoms with Gasteiger partial charge in [-0.05, 0) is 38.1 Å². The van der Waals surface area contributed by atoms with Gasteiger partial charge < -0.3 is 5.11 Å². The van der Waals surface area contributed by atoms with Gasteiger partial charge in [0.1, 0.15) is 11.5 Å². The predicted octanol–water partition coefficient (Wildman–Crippen LogP) is 1.17. The third kappa shape index (κ3) is 3.42. The molecule has 1 heterocycles. The van der Waals surface area contributed by atoms with Gasteiger partial charge in [-0.3, -0.25) is 9.82 Å². The van der Waals surface area contributed by atoms with Gasteiger partial charge in [0.05, 0.1) is 11.4 Å². The highest BCUT2D eigenvalue weighted by Gasteiger charge is 2.22. The molecule has 6 nitrogen and oxygen atoms in total. The Balaban J connectivity index is 2.25. The molecule has 0 bridgehead atoms. The van der Waals surface area contributed by atoms with Crippen molar-refractivity contribution in [3.63, 3.8) is 0 Å². The number of sulfonamides is 1. The molecule has 0 aliphatic carbocycles. The molecule has 0 aliphatic heterocycles. The molecule has 1 aromatic carbocycles. The van der Waals surface area contributed by atoms with Crippen molar-refractivity contribution >= 4 is 15.7 Å². The van der Waals surface area contributed by atoms with Gasteiger partial charge in [-0.1, -0.05) is 11.8 Å². The molecule has 0 saturated heterocycles. The van der Waals surface area contributed by atoms with E-state index in [0.29, 0.717) is 22.6 Å². The molecule has 21 heavy (non-hydrogen) atoms. The Hall–Kier alpha value is -2.30. The second-order valence-corrected chi connectivity index (χ2v) is 6.03. The highest BCUT2D eigenvalue weighted by atomic mass is 32.2. The first-order valence-electron chi connectivity index (χ1n) is 6.18. The Morgan fingerprint density at radius 1 is 1.29 bits per heavy atom. The molecule has 0 unspecified atom stereocenters. The monoisotopic (exact) mass is 305 g/mol. The highest BCUT2D eigenvalue weighted by molar-refractivity contribution is 7.92. The van der Waals surface area contributed by atoms with Gasteiger partial charge in [0, 0.05) is 11.3 Å². The lowest BCUT2D eigenvalue weighted by atomic mass is 10.2. The number of hydrogen-bond acceptors (Lipinski definition) is 4. The van der Waals surface area contributed by atoms with Crippen molar-refractivity contribution in [1.29, 1.82) is 0 Å². The van der Waals surface area contributed by atoms with Crippen LogP contribution in [0.2, 0.25) is 0 Å². The van der Waals surface area contributed by atoms with Crippen LogP contribution in [0.25, 0.3) is 0 Å². The Morgan fingerprint density at radius 2 is 1.95 bits per heavy atom. The lowest BCUT2D eigenvalue weighted by Crippen LogP contribution is -2.14. The SMILES string of the molecule is Cc1n[nH]c(C)c1S(=O)(=O)Nc1ccc(C#CCO)cc1. The number of anilines is 1. The summed E-state index contributed by atoms with van der Waals surface area (Å²) in [5, 5.41) is 15.2. The van der Waals surface area contributed by atoms with E-state index < -0.39 is 10.0 Å². The van der Waals surface area contributed by atoms with E-state index >= 15 is 0 Å². The average molecular weight is 305 g/mol. The van der Waals surface area contributed by atoms with Gasteiger partial charge in [0.15, 0.2) is 0 Å². The maximum absolute atomic E-state index is 12.3. The summed E-state index contributed by atoms with van der Waals surface area (Å²) in [4.78, 5) is 0.159. The smallest absolute Gasteiger partial charge is 0.265 e. The third-order valence-electron chi connectivity index (χ3n) is 2.78. The van der Waals surface area contributed by atoms with Crippen LogP contribution in [0.15, 0.2) is 29.2 Å². The lowest BCUT2D eigenvalue weighted by Gasteiger charge is -2.08. The molecule has 2 rings (SSSR count). The van der Waals surface area contributed by atoms with Gasteiger partial charge in [-0.25, -0.2) is 8.42 Å². The summed E-state index contributed by atoms with van der Waals surface area (Å²) >= 11 is 0. The van der Waals surface area contributed by atoms with Crippen molar-refractivity contribution in [3.8, 4) is 11.8 Å². The standard InChI is InChI=1S/C14H15N3O3S/c1-10-14(11(2)16-15-10)21(19,20)17-13-7-5-12(6-8-13)4-3-9-18/h5-8,17-18H,9H2,1-2H3,(H,15,16). The highest BCUT2D eigenvalue weighted by Crippen LogP contribution is 2.20. The second kappa shape index (κ2) is 5.99. The number of rotatable bonds is 3. The zero-order chi connectivity index (χ0) is 15.5. The van der Waals surface area contributed by atoms with Gasteiger partial charge in [0.2, 0.25) is 0 Å². The fourth-order valence-electron chi connectivity index (χ4n) is 1.91. The van der Waals surface area contributed by atoms with Crippen LogP contribution in [0.5, 0.6) is 0 Å². The summed E-state index contributed by atoms with van der Waals surface area (Å²) in [5.41, 5.74) is 2.04. The van der Waals surface area contributed by atoms with E-state index in [1.54, 1.807) is 38.1 Å². The fourth-order valence-corrected chi connectivity index (χ4v) is 3.34. The third-order valence-corrected chi connectivity index (χ3v) is 4.42. The number of nitrogens with one attached hydrogen (secondary N) is 2. The van der Waals surface area contributed by atoms with Crippen LogP contribution in [-0.2, 0) is 10.0 Å². The zero-order valence-corrected chi connectivity index (χ0v) is 12.5. The van der Waals surface area contributed by atoms with Crippen molar-refractivity contribution in [1.82, 2.24) is 10.2 Å². The number of hydrogen-bond donors (Lipinski definition) is 3. The number of benzene rings is 1. The van der Waals surface area contributed by atoms with E-state index in [1.807, 2.05) is 0 Å². The molecule has 0 radical (unpaired) electrons. The van der Waals surface area contributed by atoms with Crippen molar-refractivity contribution in [2.45, 2.75) is 18.7 Å². The number of aromatic amines is 1. The average Bonchev–Trinajstić information content (AvgIpc) is 2.77. The van der Waals surface area contributed by atoms with Crippen molar-refractivity contribution in [3.05, 3.63) is 41.2 Å². The fraction of sp³-hybridized carbons (Fsp3) is 0.214. The minimum Gasteiger partial charge on any atom is -0.384 e. The molecule has 7 heteroatoms. The number of aromatic nitrogens is 2. The van der Waals surface area contributed by atoms with Crippen LogP contribution in [-0.4, -0.2) is 30.3 Å². The van der Waals surface area contributed by atoms with Gasteiger partial charge in [-0.15, -0.1) is 0 Å². The summed E-state index contributed by atoms with van der Waals surface area (Å²) < 4.78 is 27.2. The Bertz CT molecular complexity index is 777. The predicted molar refractivity (Wildman–Crippen MR) is 79.3 cm³/mol. The van der Waals surface area contributed by atoms with E-state index in [-0.39, 0.29) is 11.5 Å². The first-order valence-corrected chi connectivity index (χ1v) is 7.66. The molecule has 3 N–H and O–H groups in total. The van der Waals surface area contributed by atoms with Crippen LogP contribution in [0.1, 0.15) is 17.0 Å². The maximum atomic E-state index is 12.3. The van der Waals surface area contributed by atoms with Crippen LogP contribution in [0, 0.1) is 25.7 Å². The number of nitrogens with zero attached hydrogens (tertiary/aromatic N) is 1. The summed E-state index contributed by atoms with van der Waals surface area (Å²) in [7, 11) is -3.68. The van der Waals surface area contributed by atoms with Crippen LogP contribution in [0.3, 0.4) is 0 Å². The molecule has 0 spiro atoms. The number of H-pyrrole nitrogens is 1. The molecule has 2 aromatic rings. The molecule has 0 saturated carbocycles. The summed E-state index contributed by atoms with van der Waals surface area (Å²) in [6, 6.07) is 6.58. The Kier molecular flexibility index (Phi) is 4.31. The lowest BCUT2D eigenvalue weighted by molar-refractivity contribution is 0.350. The molecule has 0 atom stereocenters. The van der Waals surface area contributed by atoms with E-state index in [0.717, 1.165) is 0 Å². The zero-order valence-electron chi connectivity index (χ0n) is 11.6. The Morgan fingerprint density at radius 3 is 2.48 bits per heavy atom. The van der Waals surface area contributed by atoms with Crippen molar-refractivity contribution in [2.75, 3.05) is 11.3 Å². The minimum absolute atomic E-state index is 0.159. The molecule has 0 aliphatic rings. The Labute approximate surface area is 123 Å². The minimum atomic E-state index is -3.68. The quantitative estimate of drug-likeness (QED) is 0.742. The largest absolute Gasteiger partial charge is 0.384 e. The summed E-state index contributed by atoms with van der Waals surface area (Å²) in [6.45, 7) is 3.07. The van der Waals surface area contributed by atoms with Gasteiger partial charge in [-0.2, -0.15) is 5.10 Å². The summed E-state index contributed by atoms with van der Waals surface area (Å²) in [6.07, 6.45) is 0. The topological polar surface area (TPSA) is 95.1 Å². The molecule has 1 aromatic heterocycles. The first kappa shape index (κ1) is 15.1.